The maximum atomic E-state index is 11.9. The fraction of sp³-hybridized carbons (Fsp3) is 0.0588. The van der Waals surface area contributed by atoms with Crippen LogP contribution in [-0.2, 0) is 4.79 Å². The summed E-state index contributed by atoms with van der Waals surface area (Å²) in [7, 11) is 0. The van der Waals surface area contributed by atoms with Crippen molar-refractivity contribution in [1.29, 1.82) is 0 Å². The van der Waals surface area contributed by atoms with E-state index in [0.29, 0.717) is 11.7 Å². The Hall–Kier alpha value is -2.88. The van der Waals surface area contributed by atoms with Crippen LogP contribution in [0.4, 0.5) is 5.69 Å². The first kappa shape index (κ1) is 13.1. The van der Waals surface area contributed by atoms with E-state index in [1.807, 2.05) is 61.5 Å². The average Bonchev–Trinajstić information content (AvgIpc) is 2.82. The lowest BCUT2D eigenvalue weighted by Crippen LogP contribution is -2.29. The number of hydrogen-bond acceptors (Lipinski definition) is 3. The highest BCUT2D eigenvalue weighted by atomic mass is 16.2. The zero-order chi connectivity index (χ0) is 14.7. The number of hydrogen-bond donors (Lipinski definition) is 2. The molecule has 0 fully saturated rings. The predicted molar refractivity (Wildman–Crippen MR) is 84.8 cm³/mol. The minimum atomic E-state index is -0.200. The van der Waals surface area contributed by atoms with Gasteiger partial charge in [0.2, 0.25) is 5.96 Å². The summed E-state index contributed by atoms with van der Waals surface area (Å²) in [6.45, 7) is 2.03. The van der Waals surface area contributed by atoms with Crippen molar-refractivity contribution >= 4 is 23.6 Å². The van der Waals surface area contributed by atoms with E-state index in [-0.39, 0.29) is 5.91 Å². The number of nitrogens with zero attached hydrogens (tertiary/aromatic N) is 1. The van der Waals surface area contributed by atoms with Crippen LogP contribution < -0.4 is 10.6 Å². The first-order valence-electron chi connectivity index (χ1n) is 6.71. The molecule has 0 aliphatic carbocycles. The van der Waals surface area contributed by atoms with E-state index in [0.717, 1.165) is 11.3 Å². The number of amides is 1. The van der Waals surface area contributed by atoms with Gasteiger partial charge in [0.25, 0.3) is 5.91 Å². The minimum absolute atomic E-state index is 0.200. The molecule has 0 radical (unpaired) electrons. The highest BCUT2D eigenvalue weighted by molar-refractivity contribution is 6.17. The number of carbonyl (C=O) groups excluding carboxylic acids is 1. The van der Waals surface area contributed by atoms with Crippen molar-refractivity contribution in [3.8, 4) is 0 Å². The summed E-state index contributed by atoms with van der Waals surface area (Å²) in [4.78, 5) is 16.2. The van der Waals surface area contributed by atoms with Gasteiger partial charge in [0.1, 0.15) is 5.70 Å². The average molecular weight is 277 g/mol. The molecule has 0 atom stereocenters. The normalized spacial score (nSPS) is 15.8. The van der Waals surface area contributed by atoms with Gasteiger partial charge >= 0.3 is 0 Å². The van der Waals surface area contributed by atoms with E-state index >= 15 is 0 Å². The van der Waals surface area contributed by atoms with Crippen LogP contribution in [0.2, 0.25) is 0 Å². The summed E-state index contributed by atoms with van der Waals surface area (Å²) in [5, 5.41) is 5.79. The van der Waals surface area contributed by atoms with Crippen LogP contribution in [0.5, 0.6) is 0 Å². The number of nitrogens with one attached hydrogen (secondary N) is 2. The fourth-order valence-corrected chi connectivity index (χ4v) is 2.01. The number of para-hydroxylation sites is 1. The van der Waals surface area contributed by atoms with Gasteiger partial charge in [-0.15, -0.1) is 0 Å². The molecule has 3 rings (SSSR count). The van der Waals surface area contributed by atoms with Crippen LogP contribution >= 0.6 is 0 Å². The minimum Gasteiger partial charge on any atom is -0.326 e. The van der Waals surface area contributed by atoms with Crippen LogP contribution in [0.15, 0.2) is 65.3 Å². The van der Waals surface area contributed by atoms with E-state index < -0.39 is 0 Å². The summed E-state index contributed by atoms with van der Waals surface area (Å²) in [5.74, 6) is 0.249. The molecule has 2 aromatic rings. The lowest BCUT2D eigenvalue weighted by Gasteiger charge is -2.03. The predicted octanol–water partition coefficient (Wildman–Crippen LogP) is 2.93. The zero-order valence-electron chi connectivity index (χ0n) is 11.6. The van der Waals surface area contributed by atoms with Gasteiger partial charge in [-0.2, -0.15) is 0 Å². The Morgan fingerprint density at radius 3 is 2.48 bits per heavy atom. The quantitative estimate of drug-likeness (QED) is 0.829. The summed E-state index contributed by atoms with van der Waals surface area (Å²) in [6, 6.07) is 17.5. The van der Waals surface area contributed by atoms with E-state index in [9.17, 15) is 4.79 Å². The number of anilines is 1. The van der Waals surface area contributed by atoms with E-state index in [2.05, 4.69) is 15.6 Å². The zero-order valence-corrected chi connectivity index (χ0v) is 11.6. The fourth-order valence-electron chi connectivity index (χ4n) is 2.01. The van der Waals surface area contributed by atoms with Crippen molar-refractivity contribution < 1.29 is 4.79 Å². The number of carbonyl (C=O) groups is 1. The third-order valence-corrected chi connectivity index (χ3v) is 3.11. The Morgan fingerprint density at radius 1 is 1.05 bits per heavy atom. The number of aliphatic imine (C=N–C) groups is 1. The Morgan fingerprint density at radius 2 is 1.76 bits per heavy atom. The molecule has 104 valence electrons. The third kappa shape index (κ3) is 3.17. The van der Waals surface area contributed by atoms with E-state index in [4.69, 9.17) is 0 Å². The third-order valence-electron chi connectivity index (χ3n) is 3.11. The summed E-state index contributed by atoms with van der Waals surface area (Å²) in [6.07, 6.45) is 1.77. The standard InChI is InChI=1S/C17H15N3O/c1-12-7-9-13(10-8-12)11-15-16(21)20-17(19-15)18-14-5-3-2-4-6-14/h2-11H,1H3,(H2,18,19,20,21)/b15-11-. The first-order chi connectivity index (χ1) is 10.2. The van der Waals surface area contributed by atoms with Crippen molar-refractivity contribution in [3.63, 3.8) is 0 Å². The van der Waals surface area contributed by atoms with Crippen molar-refractivity contribution in [2.75, 3.05) is 5.32 Å². The summed E-state index contributed by atoms with van der Waals surface area (Å²) in [5.41, 5.74) is 3.42. The number of guanidine groups is 1. The van der Waals surface area contributed by atoms with Crippen LogP contribution in [-0.4, -0.2) is 11.9 Å². The molecule has 0 unspecified atom stereocenters. The molecule has 2 N–H and O–H groups in total. The van der Waals surface area contributed by atoms with E-state index in [1.165, 1.54) is 5.56 Å². The smallest absolute Gasteiger partial charge is 0.276 e. The van der Waals surface area contributed by atoms with Crippen molar-refractivity contribution in [2.24, 2.45) is 4.99 Å². The lowest BCUT2D eigenvalue weighted by atomic mass is 10.1. The monoisotopic (exact) mass is 277 g/mol. The maximum Gasteiger partial charge on any atom is 0.276 e. The molecule has 21 heavy (non-hydrogen) atoms. The van der Waals surface area contributed by atoms with Gasteiger partial charge in [0.05, 0.1) is 0 Å². The van der Waals surface area contributed by atoms with Gasteiger partial charge in [-0.25, -0.2) is 4.99 Å². The largest absolute Gasteiger partial charge is 0.326 e. The second kappa shape index (κ2) is 5.63. The molecule has 0 saturated carbocycles. The number of rotatable bonds is 2. The molecular weight excluding hydrogens is 262 g/mol. The second-order valence-electron chi connectivity index (χ2n) is 4.85. The molecule has 0 saturated heterocycles. The molecule has 2 aromatic carbocycles. The van der Waals surface area contributed by atoms with Crippen LogP contribution in [0.1, 0.15) is 11.1 Å². The lowest BCUT2D eigenvalue weighted by molar-refractivity contribution is -0.115. The van der Waals surface area contributed by atoms with Gasteiger partial charge in [-0.1, -0.05) is 48.0 Å². The molecule has 1 amide bonds. The maximum absolute atomic E-state index is 11.9. The van der Waals surface area contributed by atoms with Crippen LogP contribution in [0.25, 0.3) is 6.08 Å². The van der Waals surface area contributed by atoms with Gasteiger partial charge in [0.15, 0.2) is 0 Å². The molecular formula is C17H15N3O. The Bertz CT molecular complexity index is 715. The van der Waals surface area contributed by atoms with Crippen molar-refractivity contribution in [2.45, 2.75) is 6.92 Å². The Labute approximate surface area is 123 Å². The van der Waals surface area contributed by atoms with Gasteiger partial charge in [-0.3, -0.25) is 10.1 Å². The Kier molecular flexibility index (Phi) is 3.51. The van der Waals surface area contributed by atoms with Crippen LogP contribution in [0.3, 0.4) is 0 Å². The van der Waals surface area contributed by atoms with Crippen LogP contribution in [0, 0.1) is 6.92 Å². The van der Waals surface area contributed by atoms with Crippen molar-refractivity contribution in [1.82, 2.24) is 5.32 Å². The molecule has 0 spiro atoms. The topological polar surface area (TPSA) is 53.5 Å². The molecule has 4 heteroatoms. The SMILES string of the molecule is Cc1ccc(/C=C2\N=C(Nc3ccccc3)NC2=O)cc1. The molecule has 1 aliphatic heterocycles. The van der Waals surface area contributed by atoms with Crippen molar-refractivity contribution in [3.05, 3.63) is 71.4 Å². The number of aryl methyl sites for hydroxylation is 1. The molecule has 4 nitrogen and oxygen atoms in total. The molecule has 1 heterocycles. The summed E-state index contributed by atoms with van der Waals surface area (Å²) >= 11 is 0. The first-order valence-corrected chi connectivity index (χ1v) is 6.71. The highest BCUT2D eigenvalue weighted by Gasteiger charge is 2.19. The van der Waals surface area contributed by atoms with E-state index in [1.54, 1.807) is 6.08 Å². The summed E-state index contributed by atoms with van der Waals surface area (Å²) < 4.78 is 0. The molecule has 0 aromatic heterocycles. The van der Waals surface area contributed by atoms with Gasteiger partial charge < -0.3 is 5.32 Å². The highest BCUT2D eigenvalue weighted by Crippen LogP contribution is 2.14. The van der Waals surface area contributed by atoms with Gasteiger partial charge in [-0.05, 0) is 30.7 Å². The van der Waals surface area contributed by atoms with Gasteiger partial charge in [0, 0.05) is 5.69 Å². The Balaban J connectivity index is 1.80. The second-order valence-corrected chi connectivity index (χ2v) is 4.85. The number of benzene rings is 2. The molecule has 1 aliphatic rings. The molecule has 0 bridgehead atoms.